The van der Waals surface area contributed by atoms with Gasteiger partial charge >= 0.3 is 0 Å². The average molecular weight is 293 g/mol. The smallest absolute Gasteiger partial charge is 0.131 e. The molecule has 0 aliphatic carbocycles. The molecule has 1 aromatic heterocycles. The Hall–Kier alpha value is -1.55. The van der Waals surface area contributed by atoms with Crippen LogP contribution in [0.5, 0.6) is 0 Å². The van der Waals surface area contributed by atoms with Crippen LogP contribution in [0.1, 0.15) is 16.8 Å². The Morgan fingerprint density at radius 2 is 2.06 bits per heavy atom. The second-order valence-corrected chi connectivity index (χ2v) is 4.46. The predicted octanol–water partition coefficient (Wildman–Crippen LogP) is 3.86. The third-order valence-electron chi connectivity index (χ3n) is 2.23. The van der Waals surface area contributed by atoms with Crippen LogP contribution in [-0.4, -0.2) is 9.97 Å². The summed E-state index contributed by atoms with van der Waals surface area (Å²) >= 11 is 3.34. The lowest BCUT2D eigenvalue weighted by Gasteiger charge is -2.02. The molecule has 1 heterocycles. The van der Waals surface area contributed by atoms with Gasteiger partial charge in [0.1, 0.15) is 5.82 Å². The normalized spacial score (nSPS) is 11.0. The fourth-order valence-electron chi connectivity index (χ4n) is 1.44. The molecule has 2 nitrogen and oxygen atoms in total. The Morgan fingerprint density at radius 3 is 2.71 bits per heavy atom. The lowest BCUT2D eigenvalue weighted by Crippen LogP contribution is -1.87. The summed E-state index contributed by atoms with van der Waals surface area (Å²) in [6.45, 7) is 1.85. The number of aromatic nitrogens is 2. The van der Waals surface area contributed by atoms with Crippen LogP contribution in [0, 0.1) is 12.7 Å². The van der Waals surface area contributed by atoms with E-state index >= 15 is 0 Å². The van der Waals surface area contributed by atoms with Crippen LogP contribution in [0.2, 0.25) is 0 Å². The van der Waals surface area contributed by atoms with E-state index in [1.165, 1.54) is 6.07 Å². The fourth-order valence-corrected chi connectivity index (χ4v) is 2.12. The molecule has 0 amide bonds. The molecule has 0 aliphatic rings. The van der Waals surface area contributed by atoms with E-state index in [0.29, 0.717) is 11.3 Å². The van der Waals surface area contributed by atoms with E-state index in [2.05, 4.69) is 25.9 Å². The third kappa shape index (κ3) is 2.97. The second-order valence-electron chi connectivity index (χ2n) is 3.61. The monoisotopic (exact) mass is 292 g/mol. The first-order valence-electron chi connectivity index (χ1n) is 5.06. The van der Waals surface area contributed by atoms with Gasteiger partial charge < -0.3 is 0 Å². The summed E-state index contributed by atoms with van der Waals surface area (Å²) in [6, 6.07) is 3.38. The summed E-state index contributed by atoms with van der Waals surface area (Å²) in [5.74, 6) is -0.253. The quantitative estimate of drug-likeness (QED) is 0.840. The van der Waals surface area contributed by atoms with Crippen LogP contribution in [0.3, 0.4) is 0 Å². The van der Waals surface area contributed by atoms with Crippen LogP contribution in [0.15, 0.2) is 35.2 Å². The standard InChI is InChI=1S/C13H10BrFN2/c1-9-6-12(14)11(13(15)7-9)3-2-10-8-16-4-5-17-10/h2-8H,1H3/b3-2+. The Morgan fingerprint density at radius 1 is 1.24 bits per heavy atom. The van der Waals surface area contributed by atoms with Gasteiger partial charge in [-0.3, -0.25) is 9.97 Å². The number of benzene rings is 1. The van der Waals surface area contributed by atoms with E-state index in [0.717, 1.165) is 10.0 Å². The molecule has 1 aromatic carbocycles. The zero-order chi connectivity index (χ0) is 12.3. The van der Waals surface area contributed by atoms with E-state index in [1.54, 1.807) is 30.7 Å². The number of rotatable bonds is 2. The number of hydrogen-bond acceptors (Lipinski definition) is 2. The first-order valence-corrected chi connectivity index (χ1v) is 5.86. The summed E-state index contributed by atoms with van der Waals surface area (Å²) < 4.78 is 14.4. The van der Waals surface area contributed by atoms with Crippen molar-refractivity contribution in [3.63, 3.8) is 0 Å². The van der Waals surface area contributed by atoms with E-state index in [1.807, 2.05) is 13.0 Å². The maximum Gasteiger partial charge on any atom is 0.131 e. The molecule has 0 fully saturated rings. The highest BCUT2D eigenvalue weighted by Crippen LogP contribution is 2.23. The highest BCUT2D eigenvalue weighted by molar-refractivity contribution is 9.10. The first kappa shape index (κ1) is 11.9. The molecule has 0 unspecified atom stereocenters. The first-order chi connectivity index (χ1) is 8.16. The molecule has 4 heteroatoms. The lowest BCUT2D eigenvalue weighted by atomic mass is 10.1. The summed E-state index contributed by atoms with van der Waals surface area (Å²) in [7, 11) is 0. The Bertz CT molecular complexity index is 530. The topological polar surface area (TPSA) is 25.8 Å². The van der Waals surface area contributed by atoms with Gasteiger partial charge in [-0.2, -0.15) is 0 Å². The zero-order valence-electron chi connectivity index (χ0n) is 9.19. The SMILES string of the molecule is Cc1cc(F)c(/C=C/c2cnccn2)c(Br)c1. The van der Waals surface area contributed by atoms with E-state index < -0.39 is 0 Å². The van der Waals surface area contributed by atoms with Crippen molar-refractivity contribution in [3.05, 3.63) is 57.8 Å². The molecule has 0 N–H and O–H groups in total. The van der Waals surface area contributed by atoms with Gasteiger partial charge in [0.05, 0.1) is 11.9 Å². The number of aryl methyl sites for hydroxylation is 1. The molecular weight excluding hydrogens is 283 g/mol. The van der Waals surface area contributed by atoms with Crippen molar-refractivity contribution >= 4 is 28.1 Å². The van der Waals surface area contributed by atoms with Gasteiger partial charge in [-0.25, -0.2) is 4.39 Å². The Labute approximate surface area is 107 Å². The molecule has 17 heavy (non-hydrogen) atoms. The molecule has 0 spiro atoms. The molecule has 0 aliphatic heterocycles. The van der Waals surface area contributed by atoms with Crippen molar-refractivity contribution in [2.45, 2.75) is 6.92 Å². The molecule has 0 saturated carbocycles. The molecule has 0 saturated heterocycles. The summed E-state index contributed by atoms with van der Waals surface area (Å²) in [6.07, 6.45) is 8.23. The van der Waals surface area contributed by atoms with Crippen molar-refractivity contribution in [3.8, 4) is 0 Å². The minimum atomic E-state index is -0.253. The van der Waals surface area contributed by atoms with Crippen LogP contribution >= 0.6 is 15.9 Å². The Kier molecular flexibility index (Phi) is 3.64. The predicted molar refractivity (Wildman–Crippen MR) is 69.8 cm³/mol. The largest absolute Gasteiger partial charge is 0.261 e. The summed E-state index contributed by atoms with van der Waals surface area (Å²) in [4.78, 5) is 8.02. The minimum absolute atomic E-state index is 0.253. The van der Waals surface area contributed by atoms with E-state index in [-0.39, 0.29) is 5.82 Å². The van der Waals surface area contributed by atoms with Crippen molar-refractivity contribution in [1.82, 2.24) is 9.97 Å². The molecule has 0 bridgehead atoms. The maximum atomic E-state index is 13.7. The second kappa shape index (κ2) is 5.19. The molecule has 86 valence electrons. The molecule has 0 atom stereocenters. The maximum absolute atomic E-state index is 13.7. The number of halogens is 2. The minimum Gasteiger partial charge on any atom is -0.261 e. The van der Waals surface area contributed by atoms with Crippen molar-refractivity contribution in [2.75, 3.05) is 0 Å². The number of hydrogen-bond donors (Lipinski definition) is 0. The van der Waals surface area contributed by atoms with Gasteiger partial charge in [0, 0.05) is 22.4 Å². The van der Waals surface area contributed by atoms with Gasteiger partial charge in [0.2, 0.25) is 0 Å². The van der Waals surface area contributed by atoms with Crippen LogP contribution < -0.4 is 0 Å². The fraction of sp³-hybridized carbons (Fsp3) is 0.0769. The van der Waals surface area contributed by atoms with Crippen LogP contribution in [0.4, 0.5) is 4.39 Å². The third-order valence-corrected chi connectivity index (χ3v) is 2.88. The van der Waals surface area contributed by atoms with Gasteiger partial charge in [-0.05, 0) is 36.8 Å². The van der Waals surface area contributed by atoms with Crippen molar-refractivity contribution in [1.29, 1.82) is 0 Å². The molecule has 0 radical (unpaired) electrons. The average Bonchev–Trinajstić information content (AvgIpc) is 2.29. The van der Waals surface area contributed by atoms with Gasteiger partial charge in [0.25, 0.3) is 0 Å². The van der Waals surface area contributed by atoms with Crippen LogP contribution in [0.25, 0.3) is 12.2 Å². The lowest BCUT2D eigenvalue weighted by molar-refractivity contribution is 0.623. The molecule has 2 aromatic rings. The highest BCUT2D eigenvalue weighted by atomic mass is 79.9. The van der Waals surface area contributed by atoms with Gasteiger partial charge in [-0.15, -0.1) is 0 Å². The zero-order valence-corrected chi connectivity index (χ0v) is 10.8. The van der Waals surface area contributed by atoms with Crippen molar-refractivity contribution < 1.29 is 4.39 Å². The summed E-state index contributed by atoms with van der Waals surface area (Å²) in [5.41, 5.74) is 2.09. The summed E-state index contributed by atoms with van der Waals surface area (Å²) in [5, 5.41) is 0. The highest BCUT2D eigenvalue weighted by Gasteiger charge is 2.04. The number of nitrogens with zero attached hydrogens (tertiary/aromatic N) is 2. The van der Waals surface area contributed by atoms with Crippen molar-refractivity contribution in [2.24, 2.45) is 0 Å². The van der Waals surface area contributed by atoms with Gasteiger partial charge in [0.15, 0.2) is 0 Å². The van der Waals surface area contributed by atoms with E-state index in [9.17, 15) is 4.39 Å². The molecular formula is C13H10BrFN2. The van der Waals surface area contributed by atoms with E-state index in [4.69, 9.17) is 0 Å². The van der Waals surface area contributed by atoms with Gasteiger partial charge in [-0.1, -0.05) is 15.9 Å². The molecule has 2 rings (SSSR count). The Balaban J connectivity index is 2.34. The van der Waals surface area contributed by atoms with Crippen LogP contribution in [-0.2, 0) is 0 Å².